The second kappa shape index (κ2) is 5.10. The topological polar surface area (TPSA) is 18.5 Å². The Kier molecular flexibility index (Phi) is 4.34. The summed E-state index contributed by atoms with van der Waals surface area (Å²) < 4.78 is 10.4. The molecular formula is C7H13BrO2. The molecule has 1 aliphatic rings. The van der Waals surface area contributed by atoms with Gasteiger partial charge < -0.3 is 9.47 Å². The van der Waals surface area contributed by atoms with Gasteiger partial charge in [-0.1, -0.05) is 15.9 Å². The maximum absolute atomic E-state index is 5.43. The Labute approximate surface area is 70.0 Å². The van der Waals surface area contributed by atoms with Gasteiger partial charge in [-0.25, -0.2) is 0 Å². The van der Waals surface area contributed by atoms with Crippen molar-refractivity contribution in [2.75, 3.05) is 25.2 Å². The highest BCUT2D eigenvalue weighted by molar-refractivity contribution is 9.09. The van der Waals surface area contributed by atoms with Crippen LogP contribution in [0, 0.1) is 0 Å². The number of unbranched alkanes of at least 4 members (excludes halogenated alkanes) is 1. The number of hydrogen-bond donors (Lipinski definition) is 0. The molecule has 3 heteroatoms. The van der Waals surface area contributed by atoms with Gasteiger partial charge in [-0.05, 0) is 12.8 Å². The third-order valence-corrected chi connectivity index (χ3v) is 2.05. The minimum atomic E-state index is 0.398. The molecule has 0 spiro atoms. The van der Waals surface area contributed by atoms with Crippen LogP contribution in [-0.4, -0.2) is 31.3 Å². The highest BCUT2D eigenvalue weighted by Crippen LogP contribution is 2.06. The van der Waals surface area contributed by atoms with Gasteiger partial charge >= 0.3 is 0 Å². The van der Waals surface area contributed by atoms with E-state index in [0.29, 0.717) is 6.10 Å². The van der Waals surface area contributed by atoms with Gasteiger partial charge in [0.2, 0.25) is 0 Å². The lowest BCUT2D eigenvalue weighted by molar-refractivity contribution is -0.129. The Morgan fingerprint density at radius 1 is 1.40 bits per heavy atom. The third kappa shape index (κ3) is 2.99. The molecule has 0 N–H and O–H groups in total. The van der Waals surface area contributed by atoms with Gasteiger partial charge in [-0.3, -0.25) is 0 Å². The molecule has 1 fully saturated rings. The van der Waals surface area contributed by atoms with Gasteiger partial charge in [0.05, 0.1) is 13.2 Å². The highest BCUT2D eigenvalue weighted by Gasteiger charge is 2.17. The minimum Gasteiger partial charge on any atom is -0.376 e. The molecule has 0 atom stereocenters. The second-order valence-corrected chi connectivity index (χ2v) is 3.22. The predicted molar refractivity (Wildman–Crippen MR) is 43.6 cm³/mol. The van der Waals surface area contributed by atoms with E-state index in [2.05, 4.69) is 15.9 Å². The van der Waals surface area contributed by atoms with Crippen LogP contribution in [0.1, 0.15) is 12.8 Å². The Morgan fingerprint density at radius 3 is 2.70 bits per heavy atom. The van der Waals surface area contributed by atoms with Gasteiger partial charge in [0.25, 0.3) is 0 Å². The van der Waals surface area contributed by atoms with E-state index in [-0.39, 0.29) is 0 Å². The van der Waals surface area contributed by atoms with Crippen molar-refractivity contribution >= 4 is 15.9 Å². The average molecular weight is 209 g/mol. The van der Waals surface area contributed by atoms with E-state index in [1.807, 2.05) is 0 Å². The first-order valence-electron chi connectivity index (χ1n) is 3.69. The lowest BCUT2D eigenvalue weighted by Crippen LogP contribution is -2.36. The van der Waals surface area contributed by atoms with E-state index in [1.54, 1.807) is 0 Å². The van der Waals surface area contributed by atoms with Gasteiger partial charge in [-0.15, -0.1) is 0 Å². The molecule has 0 radical (unpaired) electrons. The monoisotopic (exact) mass is 208 g/mol. The summed E-state index contributed by atoms with van der Waals surface area (Å²) in [7, 11) is 0. The summed E-state index contributed by atoms with van der Waals surface area (Å²) in [5, 5.41) is 1.08. The molecule has 0 bridgehead atoms. The smallest absolute Gasteiger partial charge is 0.104 e. The molecular weight excluding hydrogens is 196 g/mol. The number of rotatable bonds is 5. The van der Waals surface area contributed by atoms with E-state index in [9.17, 15) is 0 Å². The van der Waals surface area contributed by atoms with Crippen LogP contribution in [0.25, 0.3) is 0 Å². The fourth-order valence-corrected chi connectivity index (χ4v) is 1.15. The largest absolute Gasteiger partial charge is 0.376 e. The number of hydrogen-bond acceptors (Lipinski definition) is 2. The van der Waals surface area contributed by atoms with E-state index in [0.717, 1.165) is 31.6 Å². The summed E-state index contributed by atoms with van der Waals surface area (Å²) in [6, 6.07) is 0. The molecule has 0 aromatic heterocycles. The first-order chi connectivity index (χ1) is 4.93. The average Bonchev–Trinajstić information content (AvgIpc) is 1.84. The van der Waals surface area contributed by atoms with Crippen LogP contribution in [0.4, 0.5) is 0 Å². The Hall–Kier alpha value is 0.400. The second-order valence-electron chi connectivity index (χ2n) is 2.43. The van der Waals surface area contributed by atoms with Crippen molar-refractivity contribution in [1.82, 2.24) is 0 Å². The molecule has 0 aliphatic carbocycles. The minimum absolute atomic E-state index is 0.398. The summed E-state index contributed by atoms with van der Waals surface area (Å²) in [5.74, 6) is 0. The van der Waals surface area contributed by atoms with Gasteiger partial charge in [0.15, 0.2) is 0 Å². The molecule has 0 aromatic rings. The van der Waals surface area contributed by atoms with Crippen molar-refractivity contribution in [3.05, 3.63) is 0 Å². The number of ether oxygens (including phenoxy) is 2. The predicted octanol–water partition coefficient (Wildman–Crippen LogP) is 1.58. The van der Waals surface area contributed by atoms with Gasteiger partial charge in [-0.2, -0.15) is 0 Å². The molecule has 1 rings (SSSR count). The highest BCUT2D eigenvalue weighted by atomic mass is 79.9. The summed E-state index contributed by atoms with van der Waals surface area (Å²) >= 11 is 3.37. The van der Waals surface area contributed by atoms with Crippen LogP contribution in [0.15, 0.2) is 0 Å². The van der Waals surface area contributed by atoms with Crippen LogP contribution in [0.2, 0.25) is 0 Å². The molecule has 60 valence electrons. The lowest BCUT2D eigenvalue weighted by atomic mass is 10.3. The molecule has 1 aliphatic heterocycles. The standard InChI is InChI=1S/C7H13BrO2/c8-3-1-2-4-10-7-5-9-6-7/h7H,1-6H2. The van der Waals surface area contributed by atoms with Crippen molar-refractivity contribution in [1.29, 1.82) is 0 Å². The Balaban J connectivity index is 1.76. The zero-order chi connectivity index (χ0) is 7.23. The summed E-state index contributed by atoms with van der Waals surface area (Å²) in [6.45, 7) is 2.49. The molecule has 0 unspecified atom stereocenters. The molecule has 1 heterocycles. The van der Waals surface area contributed by atoms with Crippen molar-refractivity contribution in [3.8, 4) is 0 Å². The number of alkyl halides is 1. The fraction of sp³-hybridized carbons (Fsp3) is 1.00. The van der Waals surface area contributed by atoms with Gasteiger partial charge in [0, 0.05) is 11.9 Å². The van der Waals surface area contributed by atoms with Gasteiger partial charge in [0.1, 0.15) is 6.10 Å². The van der Waals surface area contributed by atoms with Crippen LogP contribution in [-0.2, 0) is 9.47 Å². The SMILES string of the molecule is BrCCCCOC1COC1. The summed E-state index contributed by atoms with van der Waals surface area (Å²) in [4.78, 5) is 0. The van der Waals surface area contributed by atoms with E-state index >= 15 is 0 Å². The summed E-state index contributed by atoms with van der Waals surface area (Å²) in [6.07, 6.45) is 2.75. The van der Waals surface area contributed by atoms with Crippen LogP contribution in [0.5, 0.6) is 0 Å². The van der Waals surface area contributed by atoms with E-state index in [4.69, 9.17) is 9.47 Å². The Bertz CT molecular complexity index is 83.7. The summed E-state index contributed by atoms with van der Waals surface area (Å²) in [5.41, 5.74) is 0. The third-order valence-electron chi connectivity index (χ3n) is 1.49. The van der Waals surface area contributed by atoms with Crippen molar-refractivity contribution in [2.45, 2.75) is 18.9 Å². The Morgan fingerprint density at radius 2 is 2.20 bits per heavy atom. The first-order valence-corrected chi connectivity index (χ1v) is 4.81. The molecule has 0 amide bonds. The van der Waals surface area contributed by atoms with Crippen molar-refractivity contribution in [3.63, 3.8) is 0 Å². The van der Waals surface area contributed by atoms with Crippen molar-refractivity contribution < 1.29 is 9.47 Å². The molecule has 1 saturated heterocycles. The maximum Gasteiger partial charge on any atom is 0.104 e. The maximum atomic E-state index is 5.43. The van der Waals surface area contributed by atoms with Crippen molar-refractivity contribution in [2.24, 2.45) is 0 Å². The normalized spacial score (nSPS) is 18.9. The number of halogens is 1. The van der Waals surface area contributed by atoms with Crippen LogP contribution in [0.3, 0.4) is 0 Å². The molecule has 10 heavy (non-hydrogen) atoms. The quantitative estimate of drug-likeness (QED) is 0.505. The molecule has 2 nitrogen and oxygen atoms in total. The van der Waals surface area contributed by atoms with E-state index in [1.165, 1.54) is 6.42 Å². The van der Waals surface area contributed by atoms with Crippen LogP contribution < -0.4 is 0 Å². The molecule has 0 saturated carbocycles. The first kappa shape index (κ1) is 8.50. The van der Waals surface area contributed by atoms with Crippen LogP contribution >= 0.6 is 15.9 Å². The van der Waals surface area contributed by atoms with E-state index < -0.39 is 0 Å². The zero-order valence-electron chi connectivity index (χ0n) is 6.01. The lowest BCUT2D eigenvalue weighted by Gasteiger charge is -2.25. The fourth-order valence-electron chi connectivity index (χ4n) is 0.757. The zero-order valence-corrected chi connectivity index (χ0v) is 7.60. The molecule has 0 aromatic carbocycles.